The zero-order chi connectivity index (χ0) is 18.6. The van der Waals surface area contributed by atoms with Crippen molar-refractivity contribution in [2.24, 2.45) is 5.92 Å². The Bertz CT molecular complexity index is 787. The molecule has 0 atom stereocenters. The molecule has 1 fully saturated rings. The second-order valence-corrected chi connectivity index (χ2v) is 8.60. The van der Waals surface area contributed by atoms with Gasteiger partial charge in [-0.25, -0.2) is 4.39 Å². The number of fused-ring (bicyclic) bond motifs is 1. The summed E-state index contributed by atoms with van der Waals surface area (Å²) >= 11 is 1.78. The number of thioether (sulfide) groups is 1. The smallest absolute Gasteiger partial charge is 0.254 e. The number of likely N-dealkylation sites (tertiary alicyclic amines) is 1. The molecule has 4 rings (SSSR count). The van der Waals surface area contributed by atoms with Crippen LogP contribution in [0.1, 0.15) is 28.8 Å². The van der Waals surface area contributed by atoms with E-state index in [1.54, 1.807) is 11.8 Å². The molecule has 5 heteroatoms. The van der Waals surface area contributed by atoms with Crippen molar-refractivity contribution in [3.05, 3.63) is 65.5 Å². The number of hydrogen-bond acceptors (Lipinski definition) is 3. The van der Waals surface area contributed by atoms with Crippen LogP contribution in [0.4, 0.5) is 4.39 Å². The largest absolute Gasteiger partial charge is 0.334 e. The van der Waals surface area contributed by atoms with E-state index in [9.17, 15) is 9.18 Å². The molecule has 0 spiro atoms. The van der Waals surface area contributed by atoms with Gasteiger partial charge in [0.05, 0.1) is 0 Å². The number of carbonyl (C=O) groups is 1. The molecule has 0 N–H and O–H groups in total. The summed E-state index contributed by atoms with van der Waals surface area (Å²) in [6, 6.07) is 14.7. The van der Waals surface area contributed by atoms with Crippen molar-refractivity contribution in [2.45, 2.75) is 24.3 Å². The Labute approximate surface area is 164 Å². The van der Waals surface area contributed by atoms with Gasteiger partial charge in [0.25, 0.3) is 5.91 Å². The minimum atomic E-state index is -0.180. The van der Waals surface area contributed by atoms with Crippen LogP contribution < -0.4 is 0 Å². The van der Waals surface area contributed by atoms with Crippen molar-refractivity contribution in [1.82, 2.24) is 9.80 Å². The summed E-state index contributed by atoms with van der Waals surface area (Å²) in [6.07, 6.45) is 2.31. The van der Waals surface area contributed by atoms with Crippen LogP contribution in [0.3, 0.4) is 0 Å². The summed E-state index contributed by atoms with van der Waals surface area (Å²) in [5.74, 6) is 1.64. The topological polar surface area (TPSA) is 23.6 Å². The zero-order valence-corrected chi connectivity index (χ0v) is 16.3. The van der Waals surface area contributed by atoms with Crippen LogP contribution in [0.25, 0.3) is 0 Å². The Morgan fingerprint density at radius 1 is 1.04 bits per heavy atom. The maximum atomic E-state index is 12.9. The summed E-state index contributed by atoms with van der Waals surface area (Å²) in [7, 11) is 0. The van der Waals surface area contributed by atoms with Crippen LogP contribution in [-0.2, 0) is 6.54 Å². The first-order chi connectivity index (χ1) is 13.2. The molecule has 1 amide bonds. The molecule has 0 unspecified atom stereocenters. The molecule has 27 heavy (non-hydrogen) atoms. The van der Waals surface area contributed by atoms with Gasteiger partial charge in [-0.2, -0.15) is 0 Å². The molecule has 1 saturated heterocycles. The van der Waals surface area contributed by atoms with Crippen molar-refractivity contribution in [3.8, 4) is 0 Å². The molecule has 0 aliphatic carbocycles. The molecule has 2 aliphatic heterocycles. The normalized spacial score (nSPS) is 18.1. The highest BCUT2D eigenvalue weighted by atomic mass is 32.2. The number of carbonyl (C=O) groups excluding carboxylic acids is 1. The van der Waals surface area contributed by atoms with Gasteiger partial charge in [-0.05, 0) is 67.7 Å². The highest BCUT2D eigenvalue weighted by Gasteiger charge is 2.29. The molecule has 0 aromatic heterocycles. The second kappa shape index (κ2) is 8.44. The number of halogens is 1. The van der Waals surface area contributed by atoms with E-state index < -0.39 is 0 Å². The Morgan fingerprint density at radius 2 is 1.78 bits per heavy atom. The van der Waals surface area contributed by atoms with Gasteiger partial charge in [-0.1, -0.05) is 18.2 Å². The molecule has 2 aromatic carbocycles. The fourth-order valence-electron chi connectivity index (χ4n) is 3.99. The minimum absolute atomic E-state index is 0.180. The van der Waals surface area contributed by atoms with Crippen LogP contribution in [0.5, 0.6) is 0 Å². The summed E-state index contributed by atoms with van der Waals surface area (Å²) in [5.41, 5.74) is 2.05. The lowest BCUT2D eigenvalue weighted by molar-refractivity contribution is 0.0716. The lowest BCUT2D eigenvalue weighted by Crippen LogP contribution is -2.39. The van der Waals surface area contributed by atoms with Gasteiger partial charge in [-0.3, -0.25) is 4.79 Å². The summed E-state index contributed by atoms with van der Waals surface area (Å²) in [4.78, 5) is 18.2. The van der Waals surface area contributed by atoms with Crippen molar-refractivity contribution in [2.75, 3.05) is 31.9 Å². The maximum Gasteiger partial charge on any atom is 0.254 e. The number of hydrogen-bond donors (Lipinski definition) is 0. The number of nitrogens with zero attached hydrogens (tertiary/aromatic N) is 2. The Balaban J connectivity index is 1.18. The van der Waals surface area contributed by atoms with E-state index in [0.717, 1.165) is 67.3 Å². The highest BCUT2D eigenvalue weighted by Crippen LogP contribution is 2.26. The SMILES string of the molecule is O=C1c2ccccc2CN1CC1CCN(CCSc2ccc(F)cc2)CC1. The molecular formula is C22H25FN2OS. The van der Waals surface area contributed by atoms with Crippen molar-refractivity contribution in [3.63, 3.8) is 0 Å². The number of piperidine rings is 1. The first-order valence-electron chi connectivity index (χ1n) is 9.67. The zero-order valence-electron chi connectivity index (χ0n) is 15.4. The second-order valence-electron chi connectivity index (χ2n) is 7.43. The first-order valence-corrected chi connectivity index (χ1v) is 10.7. The van der Waals surface area contributed by atoms with Gasteiger partial charge in [0, 0.05) is 35.8 Å². The average molecular weight is 385 g/mol. The minimum Gasteiger partial charge on any atom is -0.334 e. The predicted molar refractivity (Wildman–Crippen MR) is 107 cm³/mol. The average Bonchev–Trinajstić information content (AvgIpc) is 3.01. The van der Waals surface area contributed by atoms with Gasteiger partial charge in [0.2, 0.25) is 0 Å². The summed E-state index contributed by atoms with van der Waals surface area (Å²) in [6.45, 7) is 4.91. The van der Waals surface area contributed by atoms with E-state index in [1.165, 1.54) is 12.1 Å². The molecule has 2 heterocycles. The first kappa shape index (κ1) is 18.5. The molecule has 2 aromatic rings. The monoisotopic (exact) mass is 384 g/mol. The number of rotatable bonds is 6. The molecule has 0 radical (unpaired) electrons. The van der Waals surface area contributed by atoms with Crippen LogP contribution in [-0.4, -0.2) is 47.6 Å². The highest BCUT2D eigenvalue weighted by molar-refractivity contribution is 7.99. The summed E-state index contributed by atoms with van der Waals surface area (Å²) in [5, 5.41) is 0. The van der Waals surface area contributed by atoms with E-state index in [-0.39, 0.29) is 11.7 Å². The van der Waals surface area contributed by atoms with Crippen molar-refractivity contribution < 1.29 is 9.18 Å². The van der Waals surface area contributed by atoms with Crippen molar-refractivity contribution >= 4 is 17.7 Å². The van der Waals surface area contributed by atoms with E-state index >= 15 is 0 Å². The van der Waals surface area contributed by atoms with Gasteiger partial charge >= 0.3 is 0 Å². The third kappa shape index (κ3) is 4.53. The Morgan fingerprint density at radius 3 is 2.52 bits per heavy atom. The fraction of sp³-hybridized carbons (Fsp3) is 0.409. The van der Waals surface area contributed by atoms with E-state index in [1.807, 2.05) is 35.2 Å². The predicted octanol–water partition coefficient (Wildman–Crippen LogP) is 4.29. The van der Waals surface area contributed by atoms with Crippen LogP contribution >= 0.6 is 11.8 Å². The Kier molecular flexibility index (Phi) is 5.79. The van der Waals surface area contributed by atoms with Gasteiger partial charge in [0.1, 0.15) is 5.82 Å². The third-order valence-corrected chi connectivity index (χ3v) is 6.56. The lowest BCUT2D eigenvalue weighted by Gasteiger charge is -2.33. The van der Waals surface area contributed by atoms with Crippen LogP contribution in [0.2, 0.25) is 0 Å². The van der Waals surface area contributed by atoms with Gasteiger partial charge in [-0.15, -0.1) is 11.8 Å². The molecule has 3 nitrogen and oxygen atoms in total. The molecule has 0 bridgehead atoms. The van der Waals surface area contributed by atoms with E-state index in [4.69, 9.17) is 0 Å². The molecule has 142 valence electrons. The quantitative estimate of drug-likeness (QED) is 0.695. The van der Waals surface area contributed by atoms with Crippen LogP contribution in [0.15, 0.2) is 53.4 Å². The van der Waals surface area contributed by atoms with Gasteiger partial charge in [0.15, 0.2) is 0 Å². The van der Waals surface area contributed by atoms with E-state index in [2.05, 4.69) is 11.0 Å². The lowest BCUT2D eigenvalue weighted by atomic mass is 9.96. The standard InChI is InChI=1S/C22H25FN2OS/c23-19-5-7-20(8-6-19)27-14-13-24-11-9-17(10-12-24)15-25-16-18-3-1-2-4-21(18)22(25)26/h1-8,17H,9-16H2. The third-order valence-electron chi connectivity index (χ3n) is 5.57. The Hall–Kier alpha value is -1.85. The fourth-order valence-corrected chi connectivity index (χ4v) is 4.90. The van der Waals surface area contributed by atoms with Gasteiger partial charge < -0.3 is 9.80 Å². The number of benzene rings is 2. The number of amides is 1. The molecule has 0 saturated carbocycles. The van der Waals surface area contributed by atoms with E-state index in [0.29, 0.717) is 5.92 Å². The molecule has 2 aliphatic rings. The summed E-state index contributed by atoms with van der Waals surface area (Å²) < 4.78 is 12.9. The van der Waals surface area contributed by atoms with Crippen LogP contribution in [0, 0.1) is 11.7 Å². The molecular weight excluding hydrogens is 359 g/mol. The van der Waals surface area contributed by atoms with Crippen molar-refractivity contribution in [1.29, 1.82) is 0 Å². The maximum absolute atomic E-state index is 12.9.